The Labute approximate surface area is 157 Å². The van der Waals surface area contributed by atoms with Crippen molar-refractivity contribution in [1.82, 2.24) is 9.38 Å². The zero-order chi connectivity index (χ0) is 18.8. The van der Waals surface area contributed by atoms with E-state index < -0.39 is 0 Å². The number of aryl methyl sites for hydroxylation is 1. The van der Waals surface area contributed by atoms with E-state index in [-0.39, 0.29) is 5.91 Å². The van der Waals surface area contributed by atoms with Gasteiger partial charge in [-0.15, -0.1) is 0 Å². The number of aromatic nitrogens is 2. The molecule has 0 aliphatic carbocycles. The Morgan fingerprint density at radius 1 is 1.00 bits per heavy atom. The number of rotatable bonds is 4. The highest BCUT2D eigenvalue weighted by Crippen LogP contribution is 2.30. The number of amides is 1. The first-order valence-corrected chi connectivity index (χ1v) is 8.66. The number of ether oxygens (including phenoxy) is 1. The maximum absolute atomic E-state index is 12.9. The number of para-hydroxylation sites is 1. The summed E-state index contributed by atoms with van der Waals surface area (Å²) in [5.74, 6) is 0.914. The van der Waals surface area contributed by atoms with Crippen molar-refractivity contribution in [2.24, 2.45) is 0 Å². The highest BCUT2D eigenvalue weighted by atomic mass is 16.5. The van der Waals surface area contributed by atoms with Crippen LogP contribution in [-0.4, -0.2) is 22.4 Å². The molecule has 2 aromatic carbocycles. The van der Waals surface area contributed by atoms with Gasteiger partial charge >= 0.3 is 0 Å². The second-order valence-corrected chi connectivity index (χ2v) is 6.26. The quantitative estimate of drug-likeness (QED) is 0.582. The van der Waals surface area contributed by atoms with Gasteiger partial charge in [0.05, 0.1) is 12.7 Å². The van der Waals surface area contributed by atoms with Gasteiger partial charge in [-0.3, -0.25) is 9.20 Å². The van der Waals surface area contributed by atoms with Crippen molar-refractivity contribution in [3.8, 4) is 17.0 Å². The number of anilines is 1. The average Bonchev–Trinajstić information content (AvgIpc) is 3.07. The minimum Gasteiger partial charge on any atom is -0.496 e. The fourth-order valence-electron chi connectivity index (χ4n) is 3.04. The van der Waals surface area contributed by atoms with Crippen molar-refractivity contribution < 1.29 is 9.53 Å². The molecule has 4 aromatic rings. The van der Waals surface area contributed by atoms with E-state index in [4.69, 9.17) is 9.72 Å². The van der Waals surface area contributed by atoms with Gasteiger partial charge in [-0.2, -0.15) is 0 Å². The van der Waals surface area contributed by atoms with Gasteiger partial charge in [0.2, 0.25) is 0 Å². The van der Waals surface area contributed by atoms with E-state index in [1.54, 1.807) is 19.2 Å². The third kappa shape index (κ3) is 3.15. The van der Waals surface area contributed by atoms with Crippen molar-refractivity contribution in [3.63, 3.8) is 0 Å². The Morgan fingerprint density at radius 2 is 1.74 bits per heavy atom. The number of methoxy groups -OCH3 is 1. The van der Waals surface area contributed by atoms with Crippen LogP contribution < -0.4 is 10.1 Å². The van der Waals surface area contributed by atoms with Crippen molar-refractivity contribution in [2.75, 3.05) is 12.4 Å². The van der Waals surface area contributed by atoms with E-state index in [2.05, 4.69) is 5.32 Å². The molecular weight excluding hydrogens is 338 g/mol. The number of nitrogens with zero attached hydrogens (tertiary/aromatic N) is 2. The van der Waals surface area contributed by atoms with Crippen LogP contribution in [0.3, 0.4) is 0 Å². The lowest BCUT2D eigenvalue weighted by Crippen LogP contribution is -2.15. The number of imidazole rings is 1. The van der Waals surface area contributed by atoms with Gasteiger partial charge in [0.25, 0.3) is 5.91 Å². The fourth-order valence-corrected chi connectivity index (χ4v) is 3.04. The summed E-state index contributed by atoms with van der Waals surface area (Å²) in [6.45, 7) is 2.04. The molecule has 2 heterocycles. The number of fused-ring (bicyclic) bond motifs is 1. The Morgan fingerprint density at radius 3 is 2.52 bits per heavy atom. The van der Waals surface area contributed by atoms with E-state index in [1.165, 1.54) is 5.56 Å². The lowest BCUT2D eigenvalue weighted by atomic mass is 10.1. The minimum atomic E-state index is -0.244. The first kappa shape index (κ1) is 16.8. The van der Waals surface area contributed by atoms with Crippen LogP contribution in [0.1, 0.15) is 15.9 Å². The minimum absolute atomic E-state index is 0.244. The van der Waals surface area contributed by atoms with E-state index in [1.807, 2.05) is 72.1 Å². The van der Waals surface area contributed by atoms with Crippen LogP contribution >= 0.6 is 0 Å². The first-order chi connectivity index (χ1) is 13.2. The molecule has 2 aromatic heterocycles. The normalized spacial score (nSPS) is 10.7. The van der Waals surface area contributed by atoms with Gasteiger partial charge in [-0.1, -0.05) is 48.0 Å². The van der Waals surface area contributed by atoms with E-state index >= 15 is 0 Å². The van der Waals surface area contributed by atoms with Gasteiger partial charge in [0.1, 0.15) is 22.9 Å². The van der Waals surface area contributed by atoms with E-state index in [9.17, 15) is 4.79 Å². The van der Waals surface area contributed by atoms with Crippen LogP contribution in [-0.2, 0) is 0 Å². The molecule has 0 atom stereocenters. The molecular formula is C22H19N3O2. The molecule has 0 spiro atoms. The summed E-state index contributed by atoms with van der Waals surface area (Å²) in [5, 5.41) is 3.02. The summed E-state index contributed by atoms with van der Waals surface area (Å²) in [5.41, 5.74) is 4.08. The lowest BCUT2D eigenvalue weighted by molar-refractivity contribution is 0.102. The van der Waals surface area contributed by atoms with Crippen molar-refractivity contribution >= 4 is 17.4 Å². The van der Waals surface area contributed by atoms with E-state index in [0.29, 0.717) is 17.1 Å². The second kappa shape index (κ2) is 6.96. The number of hydrogen-bond acceptors (Lipinski definition) is 3. The second-order valence-electron chi connectivity index (χ2n) is 6.26. The predicted molar refractivity (Wildman–Crippen MR) is 106 cm³/mol. The highest BCUT2D eigenvalue weighted by Gasteiger charge is 2.19. The molecule has 0 aliphatic heterocycles. The molecule has 0 saturated heterocycles. The molecule has 134 valence electrons. The van der Waals surface area contributed by atoms with Crippen LogP contribution in [0.2, 0.25) is 0 Å². The molecule has 27 heavy (non-hydrogen) atoms. The van der Waals surface area contributed by atoms with Crippen molar-refractivity contribution in [2.45, 2.75) is 6.92 Å². The molecule has 0 fully saturated rings. The summed E-state index contributed by atoms with van der Waals surface area (Å²) in [7, 11) is 1.55. The monoisotopic (exact) mass is 357 g/mol. The molecule has 0 bridgehead atoms. The van der Waals surface area contributed by atoms with Crippen LogP contribution in [0.15, 0.2) is 72.9 Å². The first-order valence-electron chi connectivity index (χ1n) is 8.66. The number of pyridine rings is 1. The van der Waals surface area contributed by atoms with E-state index in [0.717, 1.165) is 16.9 Å². The Balaban J connectivity index is 1.81. The summed E-state index contributed by atoms with van der Waals surface area (Å²) in [6, 6.07) is 21.0. The third-order valence-corrected chi connectivity index (χ3v) is 4.44. The lowest BCUT2D eigenvalue weighted by Gasteiger charge is -2.10. The van der Waals surface area contributed by atoms with Crippen molar-refractivity contribution in [3.05, 3.63) is 84.1 Å². The molecule has 1 amide bonds. The standard InChI is InChI=1S/C22H19N3O2/c1-15-10-12-16(13-11-15)20-21(25-14-6-5-9-19(25)23-20)24-22(26)17-7-3-4-8-18(17)27-2/h3-14H,1-2H3,(H,24,26). The van der Waals surface area contributed by atoms with Crippen LogP contribution in [0, 0.1) is 6.92 Å². The molecule has 0 saturated carbocycles. The molecule has 1 N–H and O–H groups in total. The summed E-state index contributed by atoms with van der Waals surface area (Å²) in [4.78, 5) is 17.7. The molecule has 0 aliphatic rings. The maximum atomic E-state index is 12.9. The predicted octanol–water partition coefficient (Wildman–Crippen LogP) is 4.57. The van der Waals surface area contributed by atoms with Gasteiger partial charge in [-0.05, 0) is 31.2 Å². The molecule has 0 radical (unpaired) electrons. The average molecular weight is 357 g/mol. The summed E-state index contributed by atoms with van der Waals surface area (Å²) in [6.07, 6.45) is 1.89. The summed E-state index contributed by atoms with van der Waals surface area (Å²) < 4.78 is 7.20. The van der Waals surface area contributed by atoms with Gasteiger partial charge < -0.3 is 10.1 Å². The molecule has 5 nitrogen and oxygen atoms in total. The topological polar surface area (TPSA) is 55.6 Å². The SMILES string of the molecule is COc1ccccc1C(=O)Nc1c(-c2ccc(C)cc2)nc2ccccn12. The Bertz CT molecular complexity index is 1110. The van der Waals surface area contributed by atoms with Crippen LogP contribution in [0.4, 0.5) is 5.82 Å². The number of hydrogen-bond donors (Lipinski definition) is 1. The number of carbonyl (C=O) groups is 1. The maximum Gasteiger partial charge on any atom is 0.260 e. The van der Waals surface area contributed by atoms with Gasteiger partial charge in [0, 0.05) is 11.8 Å². The fraction of sp³-hybridized carbons (Fsp3) is 0.0909. The highest BCUT2D eigenvalue weighted by molar-refractivity contribution is 6.07. The number of benzene rings is 2. The smallest absolute Gasteiger partial charge is 0.260 e. The molecule has 5 heteroatoms. The van der Waals surface area contributed by atoms with Gasteiger partial charge in [0.15, 0.2) is 0 Å². The Hall–Kier alpha value is -3.60. The van der Waals surface area contributed by atoms with Gasteiger partial charge in [-0.25, -0.2) is 4.98 Å². The molecule has 0 unspecified atom stereocenters. The summed E-state index contributed by atoms with van der Waals surface area (Å²) >= 11 is 0. The number of carbonyl (C=O) groups excluding carboxylic acids is 1. The number of nitrogens with one attached hydrogen (secondary N) is 1. The third-order valence-electron chi connectivity index (χ3n) is 4.44. The Kier molecular flexibility index (Phi) is 4.34. The molecule has 4 rings (SSSR count). The zero-order valence-electron chi connectivity index (χ0n) is 15.1. The van der Waals surface area contributed by atoms with Crippen LogP contribution in [0.5, 0.6) is 5.75 Å². The zero-order valence-corrected chi connectivity index (χ0v) is 15.1. The van der Waals surface area contributed by atoms with Crippen LogP contribution in [0.25, 0.3) is 16.9 Å². The van der Waals surface area contributed by atoms with Crippen molar-refractivity contribution in [1.29, 1.82) is 0 Å². The largest absolute Gasteiger partial charge is 0.496 e.